The van der Waals surface area contributed by atoms with Gasteiger partial charge in [0.15, 0.2) is 17.1 Å². The fourth-order valence-corrected chi connectivity index (χ4v) is 2.11. The number of Topliss-reactive ketones (excluding diaryl/α,β-unsaturated/α-hetero) is 1. The Kier molecular flexibility index (Phi) is 2.73. The smallest absolute Gasteiger partial charge is 0.268 e. The van der Waals surface area contributed by atoms with Crippen molar-refractivity contribution in [2.45, 2.75) is 26.4 Å². The molecule has 1 amide bonds. The van der Waals surface area contributed by atoms with E-state index in [2.05, 4.69) is 21.2 Å². The lowest BCUT2D eigenvalue weighted by Gasteiger charge is -2.32. The molecular formula is C12H12BrNO3. The van der Waals surface area contributed by atoms with Crippen LogP contribution < -0.4 is 10.1 Å². The van der Waals surface area contributed by atoms with Gasteiger partial charge in [0.2, 0.25) is 0 Å². The van der Waals surface area contributed by atoms with Gasteiger partial charge in [0, 0.05) is 5.56 Å². The minimum Gasteiger partial charge on any atom is -0.475 e. The van der Waals surface area contributed by atoms with E-state index in [-0.39, 0.29) is 11.7 Å². The van der Waals surface area contributed by atoms with Crippen molar-refractivity contribution in [1.29, 1.82) is 0 Å². The summed E-state index contributed by atoms with van der Waals surface area (Å²) in [6.45, 7) is 4.86. The molecule has 0 radical (unpaired) electrons. The van der Waals surface area contributed by atoms with E-state index in [4.69, 9.17) is 4.74 Å². The molecule has 0 saturated carbocycles. The lowest BCUT2D eigenvalue weighted by molar-refractivity contribution is -0.129. The largest absolute Gasteiger partial charge is 0.475 e. The van der Waals surface area contributed by atoms with Gasteiger partial charge < -0.3 is 10.1 Å². The van der Waals surface area contributed by atoms with Gasteiger partial charge in [0.05, 0.1) is 10.2 Å². The number of hydrogen-bond donors (Lipinski definition) is 1. The van der Waals surface area contributed by atoms with E-state index < -0.39 is 5.60 Å². The molecule has 0 atom stereocenters. The molecule has 0 unspecified atom stereocenters. The van der Waals surface area contributed by atoms with E-state index in [9.17, 15) is 9.59 Å². The SMILES string of the molecule is CC(=O)c1cc(Br)c2c(c1)NC(=O)C(C)(C)O2. The van der Waals surface area contributed by atoms with Gasteiger partial charge in [0.1, 0.15) is 0 Å². The number of fused-ring (bicyclic) bond motifs is 1. The van der Waals surface area contributed by atoms with Crippen LogP contribution in [0.3, 0.4) is 0 Å². The Morgan fingerprint density at radius 2 is 2.06 bits per heavy atom. The van der Waals surface area contributed by atoms with Gasteiger partial charge in [-0.1, -0.05) is 0 Å². The summed E-state index contributed by atoms with van der Waals surface area (Å²) in [5.74, 6) is 0.268. The second-order valence-corrected chi connectivity index (χ2v) is 5.31. The summed E-state index contributed by atoms with van der Waals surface area (Å²) in [5, 5.41) is 2.74. The summed E-state index contributed by atoms with van der Waals surface area (Å²) in [7, 11) is 0. The molecule has 0 aromatic heterocycles. The molecule has 0 spiro atoms. The van der Waals surface area contributed by atoms with Crippen LogP contribution in [0.15, 0.2) is 16.6 Å². The first-order valence-electron chi connectivity index (χ1n) is 5.16. The maximum atomic E-state index is 11.7. The molecule has 1 aliphatic heterocycles. The molecule has 1 aliphatic rings. The van der Waals surface area contributed by atoms with Gasteiger partial charge in [-0.2, -0.15) is 0 Å². The standard InChI is InChI=1S/C12H12BrNO3/c1-6(15)7-4-8(13)10-9(5-7)14-11(16)12(2,3)17-10/h4-5H,1-3H3,(H,14,16). The highest BCUT2D eigenvalue weighted by atomic mass is 79.9. The molecule has 0 bridgehead atoms. The van der Waals surface area contributed by atoms with Crippen LogP contribution in [0.4, 0.5) is 5.69 Å². The molecule has 4 nitrogen and oxygen atoms in total. The third-order valence-corrected chi connectivity index (χ3v) is 3.19. The number of carbonyl (C=O) groups excluding carboxylic acids is 2. The van der Waals surface area contributed by atoms with Crippen LogP contribution in [0.5, 0.6) is 5.75 Å². The summed E-state index contributed by atoms with van der Waals surface area (Å²) in [6, 6.07) is 3.31. The molecule has 0 saturated heterocycles. The zero-order chi connectivity index (χ0) is 12.8. The molecular weight excluding hydrogens is 286 g/mol. The quantitative estimate of drug-likeness (QED) is 0.811. The zero-order valence-electron chi connectivity index (χ0n) is 9.76. The van der Waals surface area contributed by atoms with Crippen molar-refractivity contribution in [2.75, 3.05) is 5.32 Å². The lowest BCUT2D eigenvalue weighted by Crippen LogP contribution is -2.45. The molecule has 0 aliphatic carbocycles. The van der Waals surface area contributed by atoms with Crippen LogP contribution in [0.2, 0.25) is 0 Å². The Labute approximate surface area is 107 Å². The highest BCUT2D eigenvalue weighted by Gasteiger charge is 2.36. The van der Waals surface area contributed by atoms with Gasteiger partial charge in [-0.05, 0) is 48.8 Å². The summed E-state index contributed by atoms with van der Waals surface area (Å²) in [6.07, 6.45) is 0. The molecule has 1 heterocycles. The predicted molar refractivity (Wildman–Crippen MR) is 67.5 cm³/mol. The Balaban J connectivity index is 2.55. The number of rotatable bonds is 1. The molecule has 17 heavy (non-hydrogen) atoms. The monoisotopic (exact) mass is 297 g/mol. The zero-order valence-corrected chi connectivity index (χ0v) is 11.3. The number of halogens is 1. The van der Waals surface area contributed by atoms with Crippen molar-refractivity contribution in [1.82, 2.24) is 0 Å². The fourth-order valence-electron chi connectivity index (χ4n) is 1.57. The predicted octanol–water partition coefficient (Wildman–Crippen LogP) is 2.76. The Hall–Kier alpha value is -1.36. The van der Waals surface area contributed by atoms with E-state index in [1.54, 1.807) is 26.0 Å². The Bertz CT molecular complexity index is 523. The maximum Gasteiger partial charge on any atom is 0.268 e. The first-order valence-corrected chi connectivity index (χ1v) is 5.95. The Morgan fingerprint density at radius 1 is 1.41 bits per heavy atom. The van der Waals surface area contributed by atoms with Crippen LogP contribution in [-0.4, -0.2) is 17.3 Å². The number of nitrogens with one attached hydrogen (secondary N) is 1. The molecule has 2 rings (SSSR count). The number of carbonyl (C=O) groups is 2. The van der Waals surface area contributed by atoms with Crippen LogP contribution in [0.1, 0.15) is 31.1 Å². The van der Waals surface area contributed by atoms with Gasteiger partial charge in [0.25, 0.3) is 5.91 Å². The van der Waals surface area contributed by atoms with Gasteiger partial charge in [-0.25, -0.2) is 0 Å². The van der Waals surface area contributed by atoms with Crippen LogP contribution >= 0.6 is 15.9 Å². The molecule has 5 heteroatoms. The van der Waals surface area contributed by atoms with E-state index in [1.807, 2.05) is 0 Å². The minimum atomic E-state index is -0.909. The number of anilines is 1. The molecule has 0 fully saturated rings. The van der Waals surface area contributed by atoms with E-state index in [0.717, 1.165) is 0 Å². The Morgan fingerprint density at radius 3 is 2.65 bits per heavy atom. The molecule has 1 N–H and O–H groups in total. The summed E-state index contributed by atoms with van der Waals surface area (Å²) >= 11 is 3.34. The first-order chi connectivity index (χ1) is 7.81. The van der Waals surface area contributed by atoms with E-state index in [1.165, 1.54) is 6.92 Å². The summed E-state index contributed by atoms with van der Waals surface area (Å²) < 4.78 is 6.29. The first kappa shape index (κ1) is 12.1. The molecule has 1 aromatic carbocycles. The number of hydrogen-bond acceptors (Lipinski definition) is 3. The second-order valence-electron chi connectivity index (χ2n) is 4.46. The number of benzene rings is 1. The van der Waals surface area contributed by atoms with Gasteiger partial charge >= 0.3 is 0 Å². The third-order valence-electron chi connectivity index (χ3n) is 2.60. The highest BCUT2D eigenvalue weighted by molar-refractivity contribution is 9.10. The summed E-state index contributed by atoms with van der Waals surface area (Å²) in [5.41, 5.74) is 0.140. The van der Waals surface area contributed by atoms with Gasteiger partial charge in [-0.15, -0.1) is 0 Å². The molecule has 1 aromatic rings. The average Bonchev–Trinajstić information content (AvgIpc) is 2.20. The van der Waals surface area contributed by atoms with E-state index >= 15 is 0 Å². The van der Waals surface area contributed by atoms with Crippen molar-refractivity contribution >= 4 is 33.3 Å². The van der Waals surface area contributed by atoms with Crippen LogP contribution in [0, 0.1) is 0 Å². The fraction of sp³-hybridized carbons (Fsp3) is 0.333. The third kappa shape index (κ3) is 2.07. The van der Waals surface area contributed by atoms with Crippen molar-refractivity contribution in [3.05, 3.63) is 22.2 Å². The topological polar surface area (TPSA) is 55.4 Å². The minimum absolute atomic E-state index is 0.0624. The number of amides is 1. The van der Waals surface area contributed by atoms with Crippen molar-refractivity contribution in [3.63, 3.8) is 0 Å². The maximum absolute atomic E-state index is 11.7. The summed E-state index contributed by atoms with van der Waals surface area (Å²) in [4.78, 5) is 23.1. The van der Waals surface area contributed by atoms with Crippen molar-refractivity contribution < 1.29 is 14.3 Å². The average molecular weight is 298 g/mol. The number of ketones is 1. The lowest BCUT2D eigenvalue weighted by atomic mass is 10.0. The van der Waals surface area contributed by atoms with Crippen molar-refractivity contribution in [3.8, 4) is 5.75 Å². The molecule has 90 valence electrons. The van der Waals surface area contributed by atoms with Gasteiger partial charge in [-0.3, -0.25) is 9.59 Å². The van der Waals surface area contributed by atoms with Crippen molar-refractivity contribution in [2.24, 2.45) is 0 Å². The highest BCUT2D eigenvalue weighted by Crippen LogP contribution is 2.40. The van der Waals surface area contributed by atoms with E-state index in [0.29, 0.717) is 21.5 Å². The second kappa shape index (κ2) is 3.84. The van der Waals surface area contributed by atoms with Crippen LogP contribution in [-0.2, 0) is 4.79 Å². The normalized spacial score (nSPS) is 16.8. The number of ether oxygens (including phenoxy) is 1. The van der Waals surface area contributed by atoms with Crippen LogP contribution in [0.25, 0.3) is 0 Å².